The number of nitrogens with two attached hydrogens (primary N) is 1. The van der Waals surface area contributed by atoms with Gasteiger partial charge in [-0.25, -0.2) is 9.36 Å². The van der Waals surface area contributed by atoms with Crippen LogP contribution in [0, 0.1) is 0 Å². The second-order valence-corrected chi connectivity index (χ2v) is 9.22. The molecular weight excluding hydrogens is 479 g/mol. The van der Waals surface area contributed by atoms with E-state index in [-0.39, 0.29) is 31.9 Å². The molecule has 1 aromatic carbocycles. The molecule has 4 rings (SSSR count). The van der Waals surface area contributed by atoms with Gasteiger partial charge in [0.25, 0.3) is 0 Å². The lowest BCUT2D eigenvalue weighted by molar-refractivity contribution is -0.145. The molecule has 3 heterocycles. The Kier molecular flexibility index (Phi) is 7.10. The summed E-state index contributed by atoms with van der Waals surface area (Å²) >= 11 is 0. The number of halogens is 2. The van der Waals surface area contributed by atoms with Crippen molar-refractivity contribution in [2.24, 2.45) is 0 Å². The van der Waals surface area contributed by atoms with E-state index in [1.807, 2.05) is 18.2 Å². The number of phosphoric ester groups is 1. The van der Waals surface area contributed by atoms with Gasteiger partial charge in [0.2, 0.25) is 6.23 Å². The first-order valence-corrected chi connectivity index (χ1v) is 11.8. The van der Waals surface area contributed by atoms with Crippen LogP contribution in [0.25, 0.3) is 0 Å². The second kappa shape index (κ2) is 9.88. The normalized spacial score (nSPS) is 27.8. The maximum atomic E-state index is 15.0. The molecule has 2 N–H and O–H groups in total. The van der Waals surface area contributed by atoms with Crippen molar-refractivity contribution >= 4 is 19.6 Å². The van der Waals surface area contributed by atoms with Gasteiger partial charge in [-0.3, -0.25) is 22.9 Å². The van der Waals surface area contributed by atoms with Crippen molar-refractivity contribution in [2.45, 2.75) is 43.8 Å². The van der Waals surface area contributed by atoms with E-state index in [0.29, 0.717) is 4.57 Å². The fourth-order valence-electron chi connectivity index (χ4n) is 3.44. The van der Waals surface area contributed by atoms with Gasteiger partial charge in [-0.2, -0.15) is 13.8 Å². The van der Waals surface area contributed by atoms with Gasteiger partial charge in [-0.15, -0.1) is 0 Å². The Hall–Kier alpha value is -2.70. The van der Waals surface area contributed by atoms with E-state index in [1.54, 1.807) is 12.1 Å². The van der Waals surface area contributed by atoms with Gasteiger partial charge in [-0.1, -0.05) is 30.3 Å². The summed E-state index contributed by atoms with van der Waals surface area (Å²) in [5.41, 5.74) is 5.17. The Labute approximate surface area is 192 Å². The number of nitrogen functional groups attached to an aromatic ring is 1. The summed E-state index contributed by atoms with van der Waals surface area (Å²) < 4.78 is 68.8. The predicted molar refractivity (Wildman–Crippen MR) is 112 cm³/mol. The van der Waals surface area contributed by atoms with Gasteiger partial charge in [0.05, 0.1) is 13.2 Å². The molecule has 4 atom stereocenters. The molecular formula is C20H22F2N3O8P. The van der Waals surface area contributed by atoms with Gasteiger partial charge in [0.1, 0.15) is 18.5 Å². The molecule has 2 aromatic rings. The summed E-state index contributed by atoms with van der Waals surface area (Å²) in [5, 5.41) is 0. The number of alkyl halides is 2. The van der Waals surface area contributed by atoms with Crippen LogP contribution in [0.2, 0.25) is 0 Å². The molecule has 2 aliphatic heterocycles. The maximum Gasteiger partial charge on any atom is 0.475 e. The number of rotatable bonds is 8. The largest absolute Gasteiger partial charge is 0.475 e. The van der Waals surface area contributed by atoms with Gasteiger partial charge in [-0.05, 0) is 18.1 Å². The predicted octanol–water partition coefficient (Wildman–Crippen LogP) is 2.42. The molecule has 2 aliphatic rings. The topological polar surface area (TPSA) is 141 Å². The van der Waals surface area contributed by atoms with E-state index < -0.39 is 50.4 Å². The molecule has 0 amide bonds. The number of esters is 1. The van der Waals surface area contributed by atoms with Crippen LogP contribution in [0.5, 0.6) is 0 Å². The van der Waals surface area contributed by atoms with Crippen molar-refractivity contribution < 1.29 is 41.2 Å². The number of aromatic nitrogens is 2. The molecule has 14 heteroatoms. The molecule has 184 valence electrons. The number of carbonyl (C=O) groups is 1. The van der Waals surface area contributed by atoms with E-state index in [1.165, 1.54) is 6.07 Å². The Bertz CT molecular complexity index is 1130. The zero-order valence-electron chi connectivity index (χ0n) is 17.7. The van der Waals surface area contributed by atoms with Crippen LogP contribution in [-0.4, -0.2) is 46.9 Å². The van der Waals surface area contributed by atoms with E-state index >= 15 is 8.78 Å². The summed E-state index contributed by atoms with van der Waals surface area (Å²) in [7, 11) is -4.36. The highest BCUT2D eigenvalue weighted by molar-refractivity contribution is 7.48. The Morgan fingerprint density at radius 1 is 1.29 bits per heavy atom. The van der Waals surface area contributed by atoms with Crippen LogP contribution in [0.1, 0.15) is 24.6 Å². The number of hydrogen-bond donors (Lipinski definition) is 1. The van der Waals surface area contributed by atoms with Gasteiger partial charge in [0, 0.05) is 12.6 Å². The third-order valence-electron chi connectivity index (χ3n) is 5.11. The smallest absolute Gasteiger partial charge is 0.461 e. The molecule has 1 aromatic heterocycles. The fraction of sp³-hybridized carbons (Fsp3) is 0.450. The van der Waals surface area contributed by atoms with Crippen molar-refractivity contribution in [3.63, 3.8) is 0 Å². The molecule has 1 unspecified atom stereocenters. The maximum absolute atomic E-state index is 15.0. The van der Waals surface area contributed by atoms with E-state index in [4.69, 9.17) is 28.8 Å². The first-order chi connectivity index (χ1) is 16.2. The van der Waals surface area contributed by atoms with Crippen molar-refractivity contribution in [3.8, 4) is 0 Å². The van der Waals surface area contributed by atoms with Crippen LogP contribution in [0.3, 0.4) is 0 Å². The highest BCUT2D eigenvalue weighted by atomic mass is 31.2. The number of hydrogen-bond acceptors (Lipinski definition) is 10. The SMILES string of the molecule is Nc1ccn([C@@H]2O[C@@H]3COP(=O)(OCCCC(=O)OCc4ccccc4)O[C@H]3C2(F)F)c(=O)n1. The summed E-state index contributed by atoms with van der Waals surface area (Å²) in [6.45, 7) is -0.659. The van der Waals surface area contributed by atoms with E-state index in [9.17, 15) is 14.2 Å². The van der Waals surface area contributed by atoms with Crippen molar-refractivity contribution in [1.82, 2.24) is 9.55 Å². The van der Waals surface area contributed by atoms with Crippen LogP contribution in [-0.2, 0) is 39.0 Å². The average Bonchev–Trinajstić information content (AvgIpc) is 3.06. The Morgan fingerprint density at radius 2 is 2.06 bits per heavy atom. The Balaban J connectivity index is 1.29. The summed E-state index contributed by atoms with van der Waals surface area (Å²) in [6, 6.07) is 10.2. The molecule has 0 bridgehead atoms. The quantitative estimate of drug-likeness (QED) is 0.326. The van der Waals surface area contributed by atoms with Gasteiger partial charge in [0.15, 0.2) is 6.10 Å². The van der Waals surface area contributed by atoms with Crippen molar-refractivity contribution in [2.75, 3.05) is 18.9 Å². The zero-order chi connectivity index (χ0) is 24.3. The lowest BCUT2D eigenvalue weighted by Gasteiger charge is -2.31. The number of ether oxygens (including phenoxy) is 2. The molecule has 0 spiro atoms. The van der Waals surface area contributed by atoms with Crippen LogP contribution >= 0.6 is 7.82 Å². The highest BCUT2D eigenvalue weighted by Crippen LogP contribution is 2.59. The van der Waals surface area contributed by atoms with Gasteiger partial charge < -0.3 is 15.2 Å². The first-order valence-electron chi connectivity index (χ1n) is 10.3. The van der Waals surface area contributed by atoms with E-state index in [2.05, 4.69) is 4.98 Å². The molecule has 0 aliphatic carbocycles. The monoisotopic (exact) mass is 501 g/mol. The van der Waals surface area contributed by atoms with E-state index in [0.717, 1.165) is 11.8 Å². The summed E-state index contributed by atoms with van der Waals surface area (Å²) in [6.07, 6.45) is -4.28. The van der Waals surface area contributed by atoms with Crippen LogP contribution < -0.4 is 11.4 Å². The Morgan fingerprint density at radius 3 is 2.79 bits per heavy atom. The molecule has 34 heavy (non-hydrogen) atoms. The van der Waals surface area contributed by atoms with Gasteiger partial charge >= 0.3 is 25.4 Å². The summed E-state index contributed by atoms with van der Waals surface area (Å²) in [4.78, 5) is 27.2. The zero-order valence-corrected chi connectivity index (χ0v) is 18.6. The minimum Gasteiger partial charge on any atom is -0.461 e. The number of benzene rings is 1. The van der Waals surface area contributed by atoms with Crippen LogP contribution in [0.4, 0.5) is 14.6 Å². The molecule has 2 saturated heterocycles. The highest BCUT2D eigenvalue weighted by Gasteiger charge is 2.65. The number of anilines is 1. The number of carbonyl (C=O) groups excluding carboxylic acids is 1. The number of nitrogens with zero attached hydrogens (tertiary/aromatic N) is 2. The molecule has 0 saturated carbocycles. The number of phosphoric acid groups is 1. The third kappa shape index (κ3) is 5.34. The standard InChI is InChI=1S/C20H22F2N3O8P/c21-20(22)17-14(32-18(20)25-9-8-15(23)24-19(25)27)12-31-34(28,33-17)30-10-4-7-16(26)29-11-13-5-2-1-3-6-13/h1-3,5-6,8-9,14,17-18H,4,7,10-12H2,(H2,23,24,27)/t14-,17-,18-,34?/m1/s1. The molecule has 2 fully saturated rings. The molecule has 0 radical (unpaired) electrons. The minimum atomic E-state index is -4.36. The minimum absolute atomic E-state index is 0.0483. The lowest BCUT2D eigenvalue weighted by atomic mass is 10.1. The van der Waals surface area contributed by atoms with Crippen LogP contribution in [0.15, 0.2) is 47.4 Å². The number of fused-ring (bicyclic) bond motifs is 1. The molecule has 11 nitrogen and oxygen atoms in total. The lowest BCUT2D eigenvalue weighted by Crippen LogP contribution is -2.45. The average molecular weight is 501 g/mol. The summed E-state index contributed by atoms with van der Waals surface area (Å²) in [5.74, 6) is -4.39. The van der Waals surface area contributed by atoms with Crippen molar-refractivity contribution in [1.29, 1.82) is 0 Å². The fourth-order valence-corrected chi connectivity index (χ4v) is 4.87. The third-order valence-corrected chi connectivity index (χ3v) is 6.56. The van der Waals surface area contributed by atoms with Crippen molar-refractivity contribution in [3.05, 3.63) is 58.6 Å². The first kappa shape index (κ1) is 24.4. The second-order valence-electron chi connectivity index (χ2n) is 7.60.